The van der Waals surface area contributed by atoms with E-state index in [1.807, 2.05) is 0 Å². The number of likely N-dealkylation sites (tertiary alicyclic amines) is 1. The second-order valence-electron chi connectivity index (χ2n) is 5.10. The van der Waals surface area contributed by atoms with Gasteiger partial charge in [0, 0.05) is 31.1 Å². The fourth-order valence-electron chi connectivity index (χ4n) is 2.61. The van der Waals surface area contributed by atoms with E-state index < -0.39 is 0 Å². The Bertz CT molecular complexity index is 184. The molecule has 2 atom stereocenters. The predicted molar refractivity (Wildman–Crippen MR) is 66.5 cm³/mol. The Labute approximate surface area is 101 Å². The smallest absolute Gasteiger partial charge is 0.0468 e. The second-order valence-corrected chi connectivity index (χ2v) is 6.27. The third-order valence-electron chi connectivity index (χ3n) is 3.79. The molecule has 0 aromatic heterocycles. The van der Waals surface area contributed by atoms with E-state index in [0.717, 1.165) is 25.0 Å². The molecule has 3 heteroatoms. The highest BCUT2D eigenvalue weighted by Crippen LogP contribution is 2.25. The molecular weight excluding hydrogens is 254 g/mol. The third kappa shape index (κ3) is 3.43. The molecule has 2 fully saturated rings. The van der Waals surface area contributed by atoms with Gasteiger partial charge in [0.25, 0.3) is 0 Å². The van der Waals surface area contributed by atoms with Crippen molar-refractivity contribution >= 4 is 15.9 Å². The molecule has 2 rings (SSSR count). The normalized spacial score (nSPS) is 34.8. The van der Waals surface area contributed by atoms with E-state index in [9.17, 15) is 0 Å². The minimum atomic E-state index is 0.715. The molecule has 2 aliphatic rings. The number of nitrogens with zero attached hydrogens (tertiary/aromatic N) is 1. The van der Waals surface area contributed by atoms with Gasteiger partial charge in [-0.2, -0.15) is 0 Å². The van der Waals surface area contributed by atoms with Crippen LogP contribution < -0.4 is 0 Å². The van der Waals surface area contributed by atoms with Gasteiger partial charge in [0.1, 0.15) is 0 Å². The van der Waals surface area contributed by atoms with Crippen LogP contribution in [0.25, 0.3) is 0 Å². The van der Waals surface area contributed by atoms with Crippen LogP contribution in [0.15, 0.2) is 0 Å². The van der Waals surface area contributed by atoms with E-state index in [1.54, 1.807) is 0 Å². The first-order chi connectivity index (χ1) is 7.25. The van der Waals surface area contributed by atoms with Crippen molar-refractivity contribution in [1.82, 2.24) is 4.90 Å². The number of halogens is 1. The molecule has 2 heterocycles. The summed E-state index contributed by atoms with van der Waals surface area (Å²) >= 11 is 3.75. The molecule has 15 heavy (non-hydrogen) atoms. The Balaban J connectivity index is 1.65. The third-order valence-corrected chi connectivity index (χ3v) is 4.98. The largest absolute Gasteiger partial charge is 0.381 e. The summed E-state index contributed by atoms with van der Waals surface area (Å²) in [5.41, 5.74) is 0. The molecule has 0 amide bonds. The zero-order valence-electron chi connectivity index (χ0n) is 9.62. The highest BCUT2D eigenvalue weighted by Gasteiger charge is 2.27. The van der Waals surface area contributed by atoms with Crippen LogP contribution in [0.2, 0.25) is 0 Å². The van der Waals surface area contributed by atoms with Crippen LogP contribution in [-0.4, -0.2) is 42.6 Å². The average molecular weight is 276 g/mol. The fourth-order valence-corrected chi connectivity index (χ4v) is 3.18. The Morgan fingerprint density at radius 1 is 1.27 bits per heavy atom. The van der Waals surface area contributed by atoms with Crippen molar-refractivity contribution in [3.05, 3.63) is 0 Å². The highest BCUT2D eigenvalue weighted by atomic mass is 79.9. The van der Waals surface area contributed by atoms with Gasteiger partial charge in [-0.25, -0.2) is 0 Å². The number of hydrogen-bond acceptors (Lipinski definition) is 2. The molecule has 2 aliphatic heterocycles. The predicted octanol–water partition coefficient (Wildman–Crippen LogP) is 2.52. The van der Waals surface area contributed by atoms with Gasteiger partial charge in [0.05, 0.1) is 0 Å². The van der Waals surface area contributed by atoms with Crippen molar-refractivity contribution in [2.24, 2.45) is 11.8 Å². The lowest BCUT2D eigenvalue weighted by atomic mass is 9.96. The molecule has 0 aliphatic carbocycles. The molecule has 0 bridgehead atoms. The molecule has 0 radical (unpaired) electrons. The van der Waals surface area contributed by atoms with Crippen LogP contribution in [0.3, 0.4) is 0 Å². The van der Waals surface area contributed by atoms with Crippen LogP contribution in [0, 0.1) is 11.8 Å². The van der Waals surface area contributed by atoms with Crippen LogP contribution in [0.4, 0.5) is 0 Å². The van der Waals surface area contributed by atoms with Gasteiger partial charge in [-0.3, -0.25) is 0 Å². The number of alkyl halides is 1. The first-order valence-corrected chi connectivity index (χ1v) is 7.11. The van der Waals surface area contributed by atoms with Crippen molar-refractivity contribution < 1.29 is 4.74 Å². The lowest BCUT2D eigenvalue weighted by Gasteiger charge is -2.24. The van der Waals surface area contributed by atoms with E-state index in [4.69, 9.17) is 4.74 Å². The van der Waals surface area contributed by atoms with E-state index in [1.165, 1.54) is 38.9 Å². The van der Waals surface area contributed by atoms with E-state index in [0.29, 0.717) is 4.83 Å². The van der Waals surface area contributed by atoms with Gasteiger partial charge in [0.15, 0.2) is 0 Å². The molecule has 0 aromatic carbocycles. The van der Waals surface area contributed by atoms with Crippen LogP contribution >= 0.6 is 15.9 Å². The molecule has 2 saturated heterocycles. The first kappa shape index (κ1) is 11.9. The van der Waals surface area contributed by atoms with Crippen LogP contribution in [0.5, 0.6) is 0 Å². The van der Waals surface area contributed by atoms with E-state index in [2.05, 4.69) is 27.8 Å². The molecule has 2 nitrogen and oxygen atoms in total. The number of rotatable bonds is 3. The first-order valence-electron chi connectivity index (χ1n) is 6.20. The van der Waals surface area contributed by atoms with Gasteiger partial charge < -0.3 is 9.64 Å². The van der Waals surface area contributed by atoms with Gasteiger partial charge in [0.2, 0.25) is 0 Å². The molecular formula is C12H22BrNO. The number of hydrogen-bond donors (Lipinski definition) is 0. The monoisotopic (exact) mass is 275 g/mol. The van der Waals surface area contributed by atoms with Crippen LogP contribution in [0.1, 0.15) is 26.2 Å². The highest BCUT2D eigenvalue weighted by molar-refractivity contribution is 9.09. The zero-order chi connectivity index (χ0) is 10.7. The molecule has 0 saturated carbocycles. The molecule has 0 spiro atoms. The molecule has 2 unspecified atom stereocenters. The lowest BCUT2D eigenvalue weighted by Crippen LogP contribution is -2.26. The van der Waals surface area contributed by atoms with Crippen molar-refractivity contribution in [2.45, 2.75) is 31.0 Å². The Morgan fingerprint density at radius 2 is 2.00 bits per heavy atom. The Hall–Kier alpha value is 0.400. The van der Waals surface area contributed by atoms with Crippen LogP contribution in [-0.2, 0) is 4.74 Å². The van der Waals surface area contributed by atoms with E-state index in [-0.39, 0.29) is 0 Å². The summed E-state index contributed by atoms with van der Waals surface area (Å²) < 4.78 is 5.38. The van der Waals surface area contributed by atoms with Gasteiger partial charge in [-0.1, -0.05) is 22.9 Å². The van der Waals surface area contributed by atoms with Gasteiger partial charge in [-0.15, -0.1) is 0 Å². The Morgan fingerprint density at radius 3 is 2.60 bits per heavy atom. The second kappa shape index (κ2) is 5.65. The maximum absolute atomic E-state index is 5.38. The van der Waals surface area contributed by atoms with Crippen molar-refractivity contribution in [2.75, 3.05) is 32.8 Å². The summed E-state index contributed by atoms with van der Waals surface area (Å²) in [7, 11) is 0. The average Bonchev–Trinajstić information content (AvgIpc) is 2.57. The minimum Gasteiger partial charge on any atom is -0.381 e. The van der Waals surface area contributed by atoms with Crippen molar-refractivity contribution in [3.8, 4) is 0 Å². The maximum Gasteiger partial charge on any atom is 0.0468 e. The standard InChI is InChI=1S/C12H22BrNO/c1-10-8-14(9-12(10)13)5-2-11-3-6-15-7-4-11/h10-12H,2-9H2,1H3. The zero-order valence-corrected chi connectivity index (χ0v) is 11.2. The molecule has 0 aromatic rings. The van der Waals surface area contributed by atoms with Gasteiger partial charge in [-0.05, 0) is 37.6 Å². The maximum atomic E-state index is 5.38. The summed E-state index contributed by atoms with van der Waals surface area (Å²) in [4.78, 5) is 3.33. The lowest BCUT2D eigenvalue weighted by molar-refractivity contribution is 0.0609. The van der Waals surface area contributed by atoms with Gasteiger partial charge >= 0.3 is 0 Å². The summed E-state index contributed by atoms with van der Waals surface area (Å²) in [5.74, 6) is 1.74. The molecule has 88 valence electrons. The summed E-state index contributed by atoms with van der Waals surface area (Å²) in [6, 6.07) is 0. The Kier molecular flexibility index (Phi) is 4.47. The summed E-state index contributed by atoms with van der Waals surface area (Å²) in [6.45, 7) is 8.12. The van der Waals surface area contributed by atoms with Crippen molar-refractivity contribution in [1.29, 1.82) is 0 Å². The van der Waals surface area contributed by atoms with E-state index >= 15 is 0 Å². The minimum absolute atomic E-state index is 0.715. The molecule has 0 N–H and O–H groups in total. The number of ether oxygens (including phenoxy) is 1. The quantitative estimate of drug-likeness (QED) is 0.734. The summed E-state index contributed by atoms with van der Waals surface area (Å²) in [6.07, 6.45) is 3.93. The SMILES string of the molecule is CC1CN(CCC2CCOCC2)CC1Br. The topological polar surface area (TPSA) is 12.5 Å². The fraction of sp³-hybridized carbons (Fsp3) is 1.00. The summed E-state index contributed by atoms with van der Waals surface area (Å²) in [5, 5.41) is 0. The van der Waals surface area contributed by atoms with Crippen molar-refractivity contribution in [3.63, 3.8) is 0 Å².